The number of hydrogen-bond acceptors (Lipinski definition) is 3. The van der Waals surface area contributed by atoms with Gasteiger partial charge >= 0.3 is 12.3 Å². The molecule has 9 heteroatoms. The lowest BCUT2D eigenvalue weighted by atomic mass is 10.1. The Hall–Kier alpha value is -1.57. The van der Waals surface area contributed by atoms with Gasteiger partial charge in [0.25, 0.3) is 0 Å². The number of carbonyl (C=O) groups is 1. The van der Waals surface area contributed by atoms with E-state index in [9.17, 15) is 22.4 Å². The smallest absolute Gasteiger partial charge is 0.481 e. The van der Waals surface area contributed by atoms with Crippen molar-refractivity contribution < 1.29 is 32.2 Å². The molecule has 0 saturated heterocycles. The van der Waals surface area contributed by atoms with E-state index in [2.05, 4.69) is 9.72 Å². The molecule has 0 unspecified atom stereocenters. The highest BCUT2D eigenvalue weighted by Crippen LogP contribution is 2.27. The SMILES string of the molecule is O=C(O)Cc1cc(CCl)c(OC(F)(F)F)nc1F. The zero-order valence-electron chi connectivity index (χ0n) is 8.59. The first-order valence-corrected chi connectivity index (χ1v) is 4.98. The van der Waals surface area contributed by atoms with E-state index in [-0.39, 0.29) is 11.1 Å². The fourth-order valence-corrected chi connectivity index (χ4v) is 1.34. The van der Waals surface area contributed by atoms with Crippen LogP contribution in [-0.4, -0.2) is 22.4 Å². The second kappa shape index (κ2) is 5.38. The number of carboxylic acid groups (broad SMARTS) is 1. The number of pyridine rings is 1. The van der Waals surface area contributed by atoms with Gasteiger partial charge in [0.2, 0.25) is 11.8 Å². The molecule has 18 heavy (non-hydrogen) atoms. The predicted molar refractivity (Wildman–Crippen MR) is 51.8 cm³/mol. The summed E-state index contributed by atoms with van der Waals surface area (Å²) in [5.41, 5.74) is -0.612. The number of ether oxygens (including phenoxy) is 1. The van der Waals surface area contributed by atoms with E-state index in [0.29, 0.717) is 0 Å². The molecule has 0 spiro atoms. The lowest BCUT2D eigenvalue weighted by molar-refractivity contribution is -0.276. The van der Waals surface area contributed by atoms with Crippen LogP contribution in [0, 0.1) is 5.95 Å². The van der Waals surface area contributed by atoms with E-state index in [1.807, 2.05) is 0 Å². The van der Waals surface area contributed by atoms with Crippen LogP contribution < -0.4 is 4.74 Å². The second-order valence-corrected chi connectivity index (χ2v) is 3.42. The molecule has 100 valence electrons. The van der Waals surface area contributed by atoms with E-state index in [0.717, 1.165) is 6.07 Å². The molecule has 1 rings (SSSR count). The molecule has 0 amide bonds. The summed E-state index contributed by atoms with van der Waals surface area (Å²) < 4.78 is 52.7. The van der Waals surface area contributed by atoms with Gasteiger partial charge in [-0.25, -0.2) is 0 Å². The maximum Gasteiger partial charge on any atom is 0.574 e. The first kappa shape index (κ1) is 14.5. The van der Waals surface area contributed by atoms with Gasteiger partial charge < -0.3 is 9.84 Å². The van der Waals surface area contributed by atoms with Crippen molar-refractivity contribution in [3.8, 4) is 5.88 Å². The first-order chi connectivity index (χ1) is 8.23. The summed E-state index contributed by atoms with van der Waals surface area (Å²) in [7, 11) is 0. The number of aromatic nitrogens is 1. The normalized spacial score (nSPS) is 11.4. The Morgan fingerprint density at radius 2 is 2.06 bits per heavy atom. The van der Waals surface area contributed by atoms with Crippen LogP contribution in [0.25, 0.3) is 0 Å². The van der Waals surface area contributed by atoms with Gasteiger partial charge in [-0.1, -0.05) is 0 Å². The Morgan fingerprint density at radius 3 is 2.50 bits per heavy atom. The van der Waals surface area contributed by atoms with Crippen LogP contribution in [0.1, 0.15) is 11.1 Å². The molecule has 1 aromatic heterocycles. The minimum absolute atomic E-state index is 0.244. The van der Waals surface area contributed by atoms with Gasteiger partial charge in [-0.05, 0) is 6.07 Å². The third kappa shape index (κ3) is 4.02. The standard InChI is InChI=1S/C9H6ClF4NO3/c10-3-5-1-4(2-6(16)17)7(11)15-8(5)18-9(12,13)14/h1H,2-3H2,(H,16,17). The maximum atomic E-state index is 13.2. The minimum atomic E-state index is -5.03. The molecular formula is C9H6ClF4NO3. The average molecular weight is 288 g/mol. The van der Waals surface area contributed by atoms with Crippen LogP contribution >= 0.6 is 11.6 Å². The first-order valence-electron chi connectivity index (χ1n) is 4.44. The molecule has 0 aromatic carbocycles. The summed E-state index contributed by atoms with van der Waals surface area (Å²) >= 11 is 5.36. The number of rotatable bonds is 4. The number of nitrogens with zero attached hydrogens (tertiary/aromatic N) is 1. The van der Waals surface area contributed by atoms with Crippen molar-refractivity contribution in [1.29, 1.82) is 0 Å². The Labute approximate surface area is 103 Å². The molecule has 4 nitrogen and oxygen atoms in total. The van der Waals surface area contributed by atoms with Gasteiger partial charge in [0.15, 0.2) is 0 Å². The average Bonchev–Trinajstić information content (AvgIpc) is 2.19. The number of alkyl halides is 4. The van der Waals surface area contributed by atoms with Gasteiger partial charge in [0.05, 0.1) is 12.3 Å². The third-order valence-electron chi connectivity index (χ3n) is 1.79. The Balaban J connectivity index is 3.14. The number of hydrogen-bond donors (Lipinski definition) is 1. The summed E-state index contributed by atoms with van der Waals surface area (Å²) in [6.07, 6.45) is -5.75. The number of halogens is 5. The lowest BCUT2D eigenvalue weighted by Crippen LogP contribution is -2.20. The van der Waals surface area contributed by atoms with Crippen LogP contribution in [0.2, 0.25) is 0 Å². The topological polar surface area (TPSA) is 59.4 Å². The number of carboxylic acids is 1. The summed E-state index contributed by atoms with van der Waals surface area (Å²) in [6.45, 7) is 0. The van der Waals surface area contributed by atoms with Gasteiger partial charge in [-0.2, -0.15) is 9.37 Å². The fraction of sp³-hybridized carbons (Fsp3) is 0.333. The second-order valence-electron chi connectivity index (χ2n) is 3.15. The van der Waals surface area contributed by atoms with Gasteiger partial charge in [-0.15, -0.1) is 24.8 Å². The predicted octanol–water partition coefficient (Wildman–Crippen LogP) is 2.49. The molecule has 0 radical (unpaired) electrons. The van der Waals surface area contributed by atoms with E-state index in [1.54, 1.807) is 0 Å². The Morgan fingerprint density at radius 1 is 1.44 bits per heavy atom. The summed E-state index contributed by atoms with van der Waals surface area (Å²) in [5.74, 6) is -4.14. The van der Waals surface area contributed by atoms with Crippen LogP contribution in [-0.2, 0) is 17.1 Å². The molecule has 1 N–H and O–H groups in total. The highest BCUT2D eigenvalue weighted by molar-refractivity contribution is 6.17. The molecule has 0 bridgehead atoms. The molecule has 1 heterocycles. The van der Waals surface area contributed by atoms with Crippen molar-refractivity contribution >= 4 is 17.6 Å². The lowest BCUT2D eigenvalue weighted by Gasteiger charge is -2.12. The molecule has 0 atom stereocenters. The quantitative estimate of drug-likeness (QED) is 0.525. The van der Waals surface area contributed by atoms with E-state index in [4.69, 9.17) is 16.7 Å². The van der Waals surface area contributed by atoms with Gasteiger partial charge in [0.1, 0.15) is 0 Å². The fourth-order valence-electron chi connectivity index (χ4n) is 1.14. The summed E-state index contributed by atoms with van der Waals surface area (Å²) in [6, 6.07) is 0.879. The highest BCUT2D eigenvalue weighted by atomic mass is 35.5. The molecule has 0 aliphatic heterocycles. The molecular weight excluding hydrogens is 282 g/mol. The third-order valence-corrected chi connectivity index (χ3v) is 2.07. The molecule has 0 fully saturated rings. The van der Waals surface area contributed by atoms with Crippen molar-refractivity contribution in [1.82, 2.24) is 4.98 Å². The Kier molecular flexibility index (Phi) is 4.33. The van der Waals surface area contributed by atoms with E-state index < -0.39 is 36.5 Å². The molecule has 1 aromatic rings. The molecule has 0 aliphatic carbocycles. The van der Waals surface area contributed by atoms with Crippen molar-refractivity contribution in [2.24, 2.45) is 0 Å². The zero-order valence-corrected chi connectivity index (χ0v) is 9.35. The zero-order chi connectivity index (χ0) is 13.9. The van der Waals surface area contributed by atoms with Gasteiger partial charge in [-0.3, -0.25) is 4.79 Å². The summed E-state index contributed by atoms with van der Waals surface area (Å²) in [4.78, 5) is 13.3. The monoisotopic (exact) mass is 287 g/mol. The van der Waals surface area contributed by atoms with Gasteiger partial charge in [0, 0.05) is 11.1 Å². The van der Waals surface area contributed by atoms with E-state index >= 15 is 0 Å². The van der Waals surface area contributed by atoms with Crippen molar-refractivity contribution in [3.63, 3.8) is 0 Å². The van der Waals surface area contributed by atoms with Crippen molar-refractivity contribution in [2.75, 3.05) is 0 Å². The van der Waals surface area contributed by atoms with Crippen LogP contribution in [0.5, 0.6) is 5.88 Å². The number of aliphatic carboxylic acids is 1. The highest BCUT2D eigenvalue weighted by Gasteiger charge is 2.33. The van der Waals surface area contributed by atoms with E-state index in [1.165, 1.54) is 0 Å². The largest absolute Gasteiger partial charge is 0.574 e. The summed E-state index contributed by atoms with van der Waals surface area (Å²) in [5, 5.41) is 8.47. The molecule has 0 aliphatic rings. The van der Waals surface area contributed by atoms with Crippen LogP contribution in [0.15, 0.2) is 6.07 Å². The molecule has 0 saturated carbocycles. The van der Waals surface area contributed by atoms with Crippen LogP contribution in [0.3, 0.4) is 0 Å². The van der Waals surface area contributed by atoms with Crippen molar-refractivity contribution in [2.45, 2.75) is 18.7 Å². The van der Waals surface area contributed by atoms with Crippen molar-refractivity contribution in [3.05, 3.63) is 23.1 Å². The van der Waals surface area contributed by atoms with Crippen LogP contribution in [0.4, 0.5) is 17.6 Å². The maximum absolute atomic E-state index is 13.2. The Bertz CT molecular complexity index is 464. The minimum Gasteiger partial charge on any atom is -0.481 e.